The molecule has 0 aromatic heterocycles. The van der Waals surface area contributed by atoms with Crippen molar-refractivity contribution in [3.8, 4) is 0 Å². The van der Waals surface area contributed by atoms with E-state index in [1.165, 1.54) is 5.56 Å². The van der Waals surface area contributed by atoms with Crippen molar-refractivity contribution in [2.24, 2.45) is 5.41 Å². The first-order valence-corrected chi connectivity index (χ1v) is 7.76. The minimum absolute atomic E-state index is 0.0804. The second-order valence-corrected chi connectivity index (χ2v) is 6.55. The molecular formula is C18H26O5. The highest BCUT2D eigenvalue weighted by Crippen LogP contribution is 2.29. The van der Waals surface area contributed by atoms with Crippen molar-refractivity contribution in [3.63, 3.8) is 0 Å². The van der Waals surface area contributed by atoms with E-state index < -0.39 is 5.41 Å². The average molecular weight is 322 g/mol. The summed E-state index contributed by atoms with van der Waals surface area (Å²) in [6.07, 6.45) is 1.19. The van der Waals surface area contributed by atoms with Crippen LogP contribution < -0.4 is 0 Å². The van der Waals surface area contributed by atoms with E-state index in [2.05, 4.69) is 0 Å². The molecule has 2 rings (SSSR count). The lowest BCUT2D eigenvalue weighted by atomic mass is 9.82. The lowest BCUT2D eigenvalue weighted by molar-refractivity contribution is -0.130. The number of hydrogen-bond donors (Lipinski definition) is 3. The third-order valence-corrected chi connectivity index (χ3v) is 4.04. The largest absolute Gasteiger partial charge is 0.396 e. The van der Waals surface area contributed by atoms with Crippen LogP contribution in [0.4, 0.5) is 0 Å². The van der Waals surface area contributed by atoms with Crippen molar-refractivity contribution in [2.45, 2.75) is 39.0 Å². The van der Waals surface area contributed by atoms with E-state index >= 15 is 0 Å². The van der Waals surface area contributed by atoms with Crippen LogP contribution in [0, 0.1) is 12.3 Å². The molecule has 0 amide bonds. The third-order valence-electron chi connectivity index (χ3n) is 4.04. The average Bonchev–Trinajstić information content (AvgIpc) is 2.54. The van der Waals surface area contributed by atoms with Crippen molar-refractivity contribution in [2.75, 3.05) is 19.8 Å². The summed E-state index contributed by atoms with van der Waals surface area (Å²) in [4.78, 5) is 22.6. The fourth-order valence-corrected chi connectivity index (χ4v) is 2.21. The lowest BCUT2D eigenvalue weighted by Gasteiger charge is -2.20. The van der Waals surface area contributed by atoms with Crippen LogP contribution in [0.2, 0.25) is 0 Å². The molecule has 0 heterocycles. The van der Waals surface area contributed by atoms with E-state index in [4.69, 9.17) is 15.3 Å². The molecule has 1 saturated carbocycles. The smallest absolute Gasteiger partial charge is 0.140 e. The Morgan fingerprint density at radius 3 is 1.74 bits per heavy atom. The number of ketones is 2. The normalized spacial score (nSPS) is 16.0. The van der Waals surface area contributed by atoms with Crippen LogP contribution in [0.1, 0.15) is 43.2 Å². The standard InChI is InChI=1S/C13H14O2.C5H12O3/c1-9-2-4-10(5-3-9)11-6-12(14)8-13(15)7-11;1-5(2-6,3-7)4-8/h2-5,11H,6-8H2,1H3;6-8H,2-4H2,1H3. The van der Waals surface area contributed by atoms with Gasteiger partial charge in [-0.3, -0.25) is 9.59 Å². The molecule has 0 atom stereocenters. The zero-order chi connectivity index (χ0) is 17.5. The molecule has 1 aromatic carbocycles. The predicted octanol–water partition coefficient (Wildman–Crippen LogP) is 1.37. The minimum atomic E-state index is -0.708. The Balaban J connectivity index is 0.000000284. The summed E-state index contributed by atoms with van der Waals surface area (Å²) >= 11 is 0. The monoisotopic (exact) mass is 322 g/mol. The number of aliphatic hydroxyl groups excluding tert-OH is 3. The number of carbonyl (C=O) groups excluding carboxylic acids is 2. The van der Waals surface area contributed by atoms with E-state index in [0.717, 1.165) is 5.56 Å². The Morgan fingerprint density at radius 1 is 0.957 bits per heavy atom. The van der Waals surface area contributed by atoms with Gasteiger partial charge in [0.1, 0.15) is 11.6 Å². The Kier molecular flexibility index (Phi) is 7.55. The van der Waals surface area contributed by atoms with Gasteiger partial charge < -0.3 is 15.3 Å². The topological polar surface area (TPSA) is 94.8 Å². The maximum atomic E-state index is 11.3. The predicted molar refractivity (Wildman–Crippen MR) is 87.1 cm³/mol. The van der Waals surface area contributed by atoms with Crippen LogP contribution in [0.15, 0.2) is 24.3 Å². The number of aryl methyl sites for hydroxylation is 1. The summed E-state index contributed by atoms with van der Waals surface area (Å²) in [7, 11) is 0. The Bertz CT molecular complexity index is 492. The first-order valence-electron chi connectivity index (χ1n) is 7.76. The SMILES string of the molecule is CC(CO)(CO)CO.Cc1ccc(C2CC(=O)CC(=O)C2)cc1. The van der Waals surface area contributed by atoms with Crippen LogP contribution in [-0.2, 0) is 9.59 Å². The molecule has 1 fully saturated rings. The van der Waals surface area contributed by atoms with E-state index in [-0.39, 0.29) is 43.7 Å². The summed E-state index contributed by atoms with van der Waals surface area (Å²) in [5.74, 6) is 0.271. The molecule has 0 saturated heterocycles. The van der Waals surface area contributed by atoms with Gasteiger partial charge in [-0.25, -0.2) is 0 Å². The Morgan fingerprint density at radius 2 is 1.39 bits per heavy atom. The summed E-state index contributed by atoms with van der Waals surface area (Å²) in [5.41, 5.74) is 1.61. The van der Waals surface area contributed by atoms with E-state index in [1.807, 2.05) is 31.2 Å². The van der Waals surface area contributed by atoms with Gasteiger partial charge in [0.25, 0.3) is 0 Å². The van der Waals surface area contributed by atoms with Gasteiger partial charge in [0, 0.05) is 18.3 Å². The van der Waals surface area contributed by atoms with E-state index in [9.17, 15) is 9.59 Å². The highest BCUT2D eigenvalue weighted by Gasteiger charge is 2.26. The molecule has 0 spiro atoms. The first-order chi connectivity index (χ1) is 10.8. The number of benzene rings is 1. The van der Waals surface area contributed by atoms with Crippen LogP contribution in [0.3, 0.4) is 0 Å². The molecule has 0 unspecified atom stereocenters. The Labute approximate surface area is 137 Å². The molecule has 5 heteroatoms. The second-order valence-electron chi connectivity index (χ2n) is 6.55. The van der Waals surface area contributed by atoms with Crippen LogP contribution in [0.5, 0.6) is 0 Å². The molecule has 1 aromatic rings. The highest BCUT2D eigenvalue weighted by molar-refractivity contribution is 6.02. The quantitative estimate of drug-likeness (QED) is 0.728. The van der Waals surface area contributed by atoms with Gasteiger partial charge in [-0.15, -0.1) is 0 Å². The Hall–Kier alpha value is -1.56. The van der Waals surface area contributed by atoms with Crippen molar-refractivity contribution < 1.29 is 24.9 Å². The van der Waals surface area contributed by atoms with Gasteiger partial charge >= 0.3 is 0 Å². The second kappa shape index (κ2) is 8.91. The highest BCUT2D eigenvalue weighted by atomic mass is 16.3. The fourth-order valence-electron chi connectivity index (χ4n) is 2.21. The summed E-state index contributed by atoms with van der Waals surface area (Å²) in [5, 5.41) is 25.4. The molecule has 5 nitrogen and oxygen atoms in total. The summed E-state index contributed by atoms with van der Waals surface area (Å²) in [6.45, 7) is 3.09. The third kappa shape index (κ3) is 6.22. The zero-order valence-corrected chi connectivity index (χ0v) is 13.8. The van der Waals surface area contributed by atoms with Crippen molar-refractivity contribution >= 4 is 11.6 Å². The van der Waals surface area contributed by atoms with Crippen LogP contribution in [0.25, 0.3) is 0 Å². The fraction of sp³-hybridized carbons (Fsp3) is 0.556. The molecule has 128 valence electrons. The molecule has 1 aliphatic rings. The molecule has 0 bridgehead atoms. The summed E-state index contributed by atoms with van der Waals surface area (Å²) < 4.78 is 0. The summed E-state index contributed by atoms with van der Waals surface area (Å²) in [6, 6.07) is 8.09. The van der Waals surface area contributed by atoms with Crippen molar-refractivity contribution in [1.82, 2.24) is 0 Å². The maximum absolute atomic E-state index is 11.3. The van der Waals surface area contributed by atoms with Gasteiger partial charge in [-0.1, -0.05) is 36.8 Å². The van der Waals surface area contributed by atoms with E-state index in [0.29, 0.717) is 12.8 Å². The molecule has 23 heavy (non-hydrogen) atoms. The van der Waals surface area contributed by atoms with E-state index in [1.54, 1.807) is 6.92 Å². The lowest BCUT2D eigenvalue weighted by Crippen LogP contribution is -2.29. The molecule has 3 N–H and O–H groups in total. The van der Waals surface area contributed by atoms with Crippen LogP contribution in [-0.4, -0.2) is 46.7 Å². The number of carbonyl (C=O) groups is 2. The van der Waals surface area contributed by atoms with Gasteiger partial charge in [0.2, 0.25) is 0 Å². The minimum Gasteiger partial charge on any atom is -0.396 e. The van der Waals surface area contributed by atoms with Gasteiger partial charge in [0.05, 0.1) is 26.2 Å². The maximum Gasteiger partial charge on any atom is 0.140 e. The zero-order valence-electron chi connectivity index (χ0n) is 13.8. The van der Waals surface area contributed by atoms with Crippen molar-refractivity contribution in [3.05, 3.63) is 35.4 Å². The number of Topliss-reactive ketones (excluding diaryl/α,β-unsaturated/α-hetero) is 2. The number of aliphatic hydroxyl groups is 3. The molecular weight excluding hydrogens is 296 g/mol. The van der Waals surface area contributed by atoms with Crippen LogP contribution >= 0.6 is 0 Å². The van der Waals surface area contributed by atoms with Gasteiger partial charge in [-0.05, 0) is 18.4 Å². The molecule has 0 radical (unpaired) electrons. The number of hydrogen-bond acceptors (Lipinski definition) is 5. The molecule has 0 aliphatic heterocycles. The van der Waals surface area contributed by atoms with Gasteiger partial charge in [0.15, 0.2) is 0 Å². The first kappa shape index (κ1) is 19.5. The molecule has 1 aliphatic carbocycles. The van der Waals surface area contributed by atoms with Gasteiger partial charge in [-0.2, -0.15) is 0 Å². The van der Waals surface area contributed by atoms with Crippen molar-refractivity contribution in [1.29, 1.82) is 0 Å². The number of rotatable bonds is 4.